The summed E-state index contributed by atoms with van der Waals surface area (Å²) in [6.07, 6.45) is 0.789. The van der Waals surface area contributed by atoms with Crippen LogP contribution in [0, 0.1) is 5.92 Å². The topological polar surface area (TPSA) is 58.6 Å². The monoisotopic (exact) mass is 258 g/mol. The lowest BCUT2D eigenvalue weighted by Crippen LogP contribution is -2.50. The molecule has 2 amide bonds. The van der Waals surface area contributed by atoms with Crippen molar-refractivity contribution < 1.29 is 14.3 Å². The Bertz CT molecular complexity index is 295. The van der Waals surface area contributed by atoms with Crippen LogP contribution in [0.2, 0.25) is 0 Å². The highest BCUT2D eigenvalue weighted by Gasteiger charge is 2.30. The molecule has 0 heterocycles. The van der Waals surface area contributed by atoms with E-state index in [2.05, 4.69) is 5.32 Å². The Labute approximate surface area is 110 Å². The fourth-order valence-electron chi connectivity index (χ4n) is 1.30. The van der Waals surface area contributed by atoms with Gasteiger partial charge in [-0.25, -0.2) is 9.59 Å². The van der Waals surface area contributed by atoms with Gasteiger partial charge < -0.3 is 15.0 Å². The lowest BCUT2D eigenvalue weighted by atomic mass is 9.99. The lowest BCUT2D eigenvalue weighted by molar-refractivity contribution is -0.158. The van der Waals surface area contributed by atoms with E-state index in [9.17, 15) is 9.59 Å². The molecule has 0 fully saturated rings. The maximum atomic E-state index is 12.1. The van der Waals surface area contributed by atoms with Crippen molar-refractivity contribution in [2.24, 2.45) is 5.92 Å². The van der Waals surface area contributed by atoms with Gasteiger partial charge in [-0.05, 0) is 26.7 Å². The number of rotatable bonds is 4. The van der Waals surface area contributed by atoms with Gasteiger partial charge >= 0.3 is 12.0 Å². The molecule has 0 bridgehead atoms. The zero-order chi connectivity index (χ0) is 14.5. The van der Waals surface area contributed by atoms with Crippen molar-refractivity contribution >= 4 is 12.0 Å². The van der Waals surface area contributed by atoms with E-state index < -0.39 is 11.6 Å². The van der Waals surface area contributed by atoms with E-state index >= 15 is 0 Å². The summed E-state index contributed by atoms with van der Waals surface area (Å²) >= 11 is 0. The Hall–Kier alpha value is -1.26. The predicted octanol–water partition coefficient (Wildman–Crippen LogP) is 2.01. The minimum atomic E-state index is -0.607. The van der Waals surface area contributed by atoms with Crippen LogP contribution in [0.1, 0.15) is 41.0 Å². The van der Waals surface area contributed by atoms with Gasteiger partial charge in [0.2, 0.25) is 0 Å². The number of esters is 1. The van der Waals surface area contributed by atoms with Crippen LogP contribution in [0.4, 0.5) is 4.79 Å². The fourth-order valence-corrected chi connectivity index (χ4v) is 1.30. The number of nitrogens with zero attached hydrogens (tertiary/aromatic N) is 1. The third-order valence-corrected chi connectivity index (χ3v) is 2.56. The summed E-state index contributed by atoms with van der Waals surface area (Å²) in [4.78, 5) is 25.1. The molecule has 0 spiro atoms. The first-order chi connectivity index (χ1) is 8.08. The lowest BCUT2D eigenvalue weighted by Gasteiger charge is -2.28. The molecule has 5 heteroatoms. The summed E-state index contributed by atoms with van der Waals surface area (Å²) in [7, 11) is 3.27. The zero-order valence-electron chi connectivity index (χ0n) is 12.5. The molecule has 0 aromatic rings. The molecule has 0 radical (unpaired) electrons. The fraction of sp³-hybridized carbons (Fsp3) is 0.846. The third-order valence-electron chi connectivity index (χ3n) is 2.56. The molecular formula is C13H26N2O3. The molecule has 0 saturated heterocycles. The summed E-state index contributed by atoms with van der Waals surface area (Å²) in [6.45, 7) is 9.33. The van der Waals surface area contributed by atoms with E-state index in [0.29, 0.717) is 0 Å². The molecule has 106 valence electrons. The number of nitrogens with one attached hydrogen (secondary N) is 1. The highest BCUT2D eigenvalue weighted by atomic mass is 16.6. The van der Waals surface area contributed by atoms with Crippen molar-refractivity contribution in [3.8, 4) is 0 Å². The Morgan fingerprint density at radius 2 is 1.78 bits per heavy atom. The second kappa shape index (κ2) is 6.61. The molecule has 0 saturated carbocycles. The maximum absolute atomic E-state index is 12.1. The first-order valence-corrected chi connectivity index (χ1v) is 6.29. The van der Waals surface area contributed by atoms with Crippen molar-refractivity contribution in [3.05, 3.63) is 0 Å². The number of hydrogen-bond acceptors (Lipinski definition) is 3. The van der Waals surface area contributed by atoms with Gasteiger partial charge in [-0.3, -0.25) is 0 Å². The van der Waals surface area contributed by atoms with Crippen molar-refractivity contribution in [1.82, 2.24) is 10.2 Å². The van der Waals surface area contributed by atoms with Crippen molar-refractivity contribution in [2.75, 3.05) is 14.1 Å². The molecule has 0 aromatic heterocycles. The molecule has 0 rings (SSSR count). The molecule has 0 aliphatic heterocycles. The number of carbonyl (C=O) groups is 2. The summed E-state index contributed by atoms with van der Waals surface area (Å²) < 4.78 is 5.33. The normalized spacial score (nSPS) is 14.6. The highest BCUT2D eigenvalue weighted by Crippen LogP contribution is 2.14. The van der Waals surface area contributed by atoms with Crippen LogP contribution in [-0.4, -0.2) is 42.6 Å². The van der Waals surface area contributed by atoms with Crippen LogP contribution in [-0.2, 0) is 9.53 Å². The predicted molar refractivity (Wildman–Crippen MR) is 71.3 cm³/mol. The van der Waals surface area contributed by atoms with Gasteiger partial charge in [0.1, 0.15) is 11.6 Å². The van der Waals surface area contributed by atoms with E-state index in [1.807, 2.05) is 34.6 Å². The SMILES string of the molecule is CC[C@H](C)[C@H](NC(=O)N(C)C)C(=O)OC(C)(C)C. The summed E-state index contributed by atoms with van der Waals surface area (Å²) in [5, 5.41) is 2.70. The van der Waals surface area contributed by atoms with Crippen molar-refractivity contribution in [2.45, 2.75) is 52.7 Å². The summed E-state index contributed by atoms with van der Waals surface area (Å²) in [5.74, 6) is -0.351. The van der Waals surface area contributed by atoms with E-state index in [1.54, 1.807) is 14.1 Å². The number of amides is 2. The summed E-state index contributed by atoms with van der Waals surface area (Å²) in [5.41, 5.74) is -0.550. The van der Waals surface area contributed by atoms with Crippen molar-refractivity contribution in [3.63, 3.8) is 0 Å². The minimum Gasteiger partial charge on any atom is -0.458 e. The molecular weight excluding hydrogens is 232 g/mol. The molecule has 5 nitrogen and oxygen atoms in total. The maximum Gasteiger partial charge on any atom is 0.329 e. The van der Waals surface area contributed by atoms with Crippen LogP contribution in [0.25, 0.3) is 0 Å². The minimum absolute atomic E-state index is 0.0312. The number of hydrogen-bond donors (Lipinski definition) is 1. The number of urea groups is 1. The van der Waals surface area contributed by atoms with E-state index in [-0.39, 0.29) is 17.9 Å². The van der Waals surface area contributed by atoms with Gasteiger partial charge in [-0.2, -0.15) is 0 Å². The second-order valence-corrected chi connectivity index (χ2v) is 5.74. The van der Waals surface area contributed by atoms with Crippen LogP contribution in [0.3, 0.4) is 0 Å². The van der Waals surface area contributed by atoms with E-state index in [4.69, 9.17) is 4.74 Å². The van der Waals surface area contributed by atoms with Gasteiger partial charge in [0.25, 0.3) is 0 Å². The molecule has 0 aliphatic rings. The van der Waals surface area contributed by atoms with Crippen LogP contribution in [0.15, 0.2) is 0 Å². The van der Waals surface area contributed by atoms with Gasteiger partial charge in [0.15, 0.2) is 0 Å². The Morgan fingerprint density at radius 1 is 1.28 bits per heavy atom. The van der Waals surface area contributed by atoms with Gasteiger partial charge in [-0.15, -0.1) is 0 Å². The van der Waals surface area contributed by atoms with Crippen LogP contribution in [0.5, 0.6) is 0 Å². The average molecular weight is 258 g/mol. The smallest absolute Gasteiger partial charge is 0.329 e. The van der Waals surface area contributed by atoms with Gasteiger partial charge in [0, 0.05) is 14.1 Å². The summed E-state index contributed by atoms with van der Waals surface area (Å²) in [6, 6.07) is -0.893. The van der Waals surface area contributed by atoms with E-state index in [1.165, 1.54) is 4.90 Å². The average Bonchev–Trinajstić information content (AvgIpc) is 2.21. The Morgan fingerprint density at radius 3 is 2.11 bits per heavy atom. The Balaban J connectivity index is 4.79. The first-order valence-electron chi connectivity index (χ1n) is 6.29. The van der Waals surface area contributed by atoms with Crippen molar-refractivity contribution in [1.29, 1.82) is 0 Å². The number of ether oxygens (including phenoxy) is 1. The number of carbonyl (C=O) groups excluding carboxylic acids is 2. The molecule has 0 aromatic carbocycles. The molecule has 0 unspecified atom stereocenters. The zero-order valence-corrected chi connectivity index (χ0v) is 12.5. The van der Waals surface area contributed by atoms with Gasteiger partial charge in [-0.1, -0.05) is 20.3 Å². The Kier molecular flexibility index (Phi) is 6.15. The molecule has 0 aliphatic carbocycles. The van der Waals surface area contributed by atoms with Gasteiger partial charge in [0.05, 0.1) is 0 Å². The quantitative estimate of drug-likeness (QED) is 0.785. The molecule has 1 N–H and O–H groups in total. The van der Waals surface area contributed by atoms with Crippen LogP contribution >= 0.6 is 0 Å². The standard InChI is InChI=1S/C13H26N2O3/c1-8-9(2)10(14-12(17)15(6)7)11(16)18-13(3,4)5/h9-10H,8H2,1-7H3,(H,14,17)/t9-,10-/m0/s1. The third kappa shape index (κ3) is 5.89. The second-order valence-electron chi connectivity index (χ2n) is 5.74. The molecule has 18 heavy (non-hydrogen) atoms. The molecule has 2 atom stereocenters. The first kappa shape index (κ1) is 16.7. The largest absolute Gasteiger partial charge is 0.458 e. The van der Waals surface area contributed by atoms with Crippen LogP contribution < -0.4 is 5.32 Å². The highest BCUT2D eigenvalue weighted by molar-refractivity contribution is 5.83. The van der Waals surface area contributed by atoms with E-state index in [0.717, 1.165) is 6.42 Å².